The molecule has 0 aromatic heterocycles. The highest BCUT2D eigenvalue weighted by atomic mass is 16.5. The van der Waals surface area contributed by atoms with E-state index in [0.717, 1.165) is 0 Å². The van der Waals surface area contributed by atoms with E-state index >= 15 is 0 Å². The summed E-state index contributed by atoms with van der Waals surface area (Å²) < 4.78 is 10.4. The van der Waals surface area contributed by atoms with Gasteiger partial charge in [-0.2, -0.15) is 0 Å². The number of rotatable bonds is 8. The van der Waals surface area contributed by atoms with E-state index in [4.69, 9.17) is 14.6 Å². The number of carboxylic acids is 1. The van der Waals surface area contributed by atoms with Gasteiger partial charge in [-0.05, 0) is 25.5 Å². The van der Waals surface area contributed by atoms with Gasteiger partial charge in [0, 0.05) is 0 Å². The molecule has 6 heteroatoms. The van der Waals surface area contributed by atoms with Crippen LogP contribution in [0.15, 0.2) is 36.4 Å². The fourth-order valence-corrected chi connectivity index (χ4v) is 1.61. The fraction of sp³-hybridized carbons (Fsp3) is 0.333. The molecule has 0 aliphatic heterocycles. The summed E-state index contributed by atoms with van der Waals surface area (Å²) in [5, 5.41) is 11.4. The Labute approximate surface area is 123 Å². The molecule has 0 saturated carbocycles. The minimum atomic E-state index is -1.08. The average Bonchev–Trinajstić information content (AvgIpc) is 2.49. The van der Waals surface area contributed by atoms with E-state index < -0.39 is 17.9 Å². The molecule has 0 fully saturated rings. The number of nitrogens with one attached hydrogen (secondary N) is 1. The van der Waals surface area contributed by atoms with Crippen LogP contribution in [0.4, 0.5) is 0 Å². The van der Waals surface area contributed by atoms with Crippen LogP contribution in [0.5, 0.6) is 11.5 Å². The Morgan fingerprint density at radius 3 is 2.57 bits per heavy atom. The third-order valence-electron chi connectivity index (χ3n) is 2.67. The number of carboxylic acid groups (broad SMARTS) is 1. The summed E-state index contributed by atoms with van der Waals surface area (Å²) in [6.07, 6.45) is 3.64. The van der Waals surface area contributed by atoms with Gasteiger partial charge in [0.25, 0.3) is 5.91 Å². The van der Waals surface area contributed by atoms with E-state index in [1.807, 2.05) is 0 Å². The molecule has 0 aliphatic carbocycles. The second-order valence-corrected chi connectivity index (χ2v) is 4.20. The Kier molecular flexibility index (Phi) is 6.80. The number of amides is 1. The van der Waals surface area contributed by atoms with Crippen molar-refractivity contribution in [3.8, 4) is 11.5 Å². The van der Waals surface area contributed by atoms with E-state index in [1.165, 1.54) is 7.11 Å². The van der Waals surface area contributed by atoms with Crippen LogP contribution in [0.2, 0.25) is 0 Å². The van der Waals surface area contributed by atoms with Gasteiger partial charge < -0.3 is 19.9 Å². The van der Waals surface area contributed by atoms with E-state index in [2.05, 4.69) is 5.32 Å². The number of hydrogen-bond acceptors (Lipinski definition) is 4. The first kappa shape index (κ1) is 16.6. The third kappa shape index (κ3) is 5.56. The standard InChI is InChI=1S/C15H19NO5/c1-3-4-7-11(15(18)19)16-14(17)10-21-13-9-6-5-8-12(13)20-2/h3-6,8-9,11H,7,10H2,1-2H3,(H,16,17)(H,18,19)/b4-3+. The third-order valence-corrected chi connectivity index (χ3v) is 2.67. The summed E-state index contributed by atoms with van der Waals surface area (Å²) in [6.45, 7) is 1.51. The number of aliphatic carboxylic acids is 1. The highest BCUT2D eigenvalue weighted by Gasteiger charge is 2.18. The zero-order valence-electron chi connectivity index (χ0n) is 12.0. The molecule has 1 aromatic carbocycles. The van der Waals surface area contributed by atoms with Crippen LogP contribution in [0, 0.1) is 0 Å². The molecule has 6 nitrogen and oxygen atoms in total. The topological polar surface area (TPSA) is 84.9 Å². The largest absolute Gasteiger partial charge is 0.493 e. The van der Waals surface area contributed by atoms with Gasteiger partial charge in [0.05, 0.1) is 7.11 Å². The van der Waals surface area contributed by atoms with Crippen molar-refractivity contribution in [1.29, 1.82) is 0 Å². The molecule has 2 N–H and O–H groups in total. The van der Waals surface area contributed by atoms with Gasteiger partial charge in [0.2, 0.25) is 0 Å². The van der Waals surface area contributed by atoms with Crippen LogP contribution in [-0.4, -0.2) is 36.7 Å². The summed E-state index contributed by atoms with van der Waals surface area (Å²) in [6, 6.07) is 5.94. The van der Waals surface area contributed by atoms with Gasteiger partial charge in [-0.1, -0.05) is 24.3 Å². The maximum absolute atomic E-state index is 11.7. The molecule has 0 saturated heterocycles. The Balaban J connectivity index is 2.54. The van der Waals surface area contributed by atoms with Crippen LogP contribution in [0.1, 0.15) is 13.3 Å². The van der Waals surface area contributed by atoms with E-state index in [1.54, 1.807) is 43.3 Å². The average molecular weight is 293 g/mol. The number of benzene rings is 1. The van der Waals surface area contributed by atoms with Crippen molar-refractivity contribution in [2.45, 2.75) is 19.4 Å². The minimum Gasteiger partial charge on any atom is -0.493 e. The predicted molar refractivity (Wildman–Crippen MR) is 77.5 cm³/mol. The number of carbonyl (C=O) groups is 2. The van der Waals surface area contributed by atoms with E-state index in [0.29, 0.717) is 11.5 Å². The maximum atomic E-state index is 11.7. The SMILES string of the molecule is C/C=C/CC(NC(=O)COc1ccccc1OC)C(=O)O. The van der Waals surface area contributed by atoms with E-state index in [-0.39, 0.29) is 13.0 Å². The van der Waals surface area contributed by atoms with Gasteiger partial charge in [0.1, 0.15) is 6.04 Å². The monoisotopic (exact) mass is 293 g/mol. The molecule has 0 radical (unpaired) electrons. The lowest BCUT2D eigenvalue weighted by atomic mass is 10.2. The van der Waals surface area contributed by atoms with Crippen LogP contribution in [-0.2, 0) is 9.59 Å². The van der Waals surface area contributed by atoms with Gasteiger partial charge in [-0.15, -0.1) is 0 Å². The van der Waals surface area contributed by atoms with E-state index in [9.17, 15) is 9.59 Å². The molecule has 0 aliphatic rings. The zero-order chi connectivity index (χ0) is 15.7. The van der Waals surface area contributed by atoms with Crippen LogP contribution >= 0.6 is 0 Å². The summed E-state index contributed by atoms with van der Waals surface area (Å²) in [4.78, 5) is 22.7. The van der Waals surface area contributed by atoms with Crippen molar-refractivity contribution in [2.75, 3.05) is 13.7 Å². The Morgan fingerprint density at radius 2 is 2.00 bits per heavy atom. The van der Waals surface area contributed by atoms with Crippen molar-refractivity contribution in [2.24, 2.45) is 0 Å². The van der Waals surface area contributed by atoms with Gasteiger partial charge in [0.15, 0.2) is 18.1 Å². The number of methoxy groups -OCH3 is 1. The summed E-state index contributed by atoms with van der Waals surface area (Å²) in [7, 11) is 1.50. The van der Waals surface area contributed by atoms with Crippen molar-refractivity contribution >= 4 is 11.9 Å². The number of allylic oxidation sites excluding steroid dienone is 1. The summed E-state index contributed by atoms with van der Waals surface area (Å²) in [5.41, 5.74) is 0. The van der Waals surface area contributed by atoms with Crippen molar-refractivity contribution in [3.05, 3.63) is 36.4 Å². The van der Waals surface area contributed by atoms with Crippen molar-refractivity contribution in [1.82, 2.24) is 5.32 Å². The first-order valence-corrected chi connectivity index (χ1v) is 6.47. The highest BCUT2D eigenvalue weighted by Crippen LogP contribution is 2.25. The molecule has 0 heterocycles. The molecular weight excluding hydrogens is 274 g/mol. The Bertz CT molecular complexity index is 513. The van der Waals surface area contributed by atoms with Crippen LogP contribution < -0.4 is 14.8 Å². The molecule has 1 aromatic rings. The molecule has 1 atom stereocenters. The van der Waals surface area contributed by atoms with Crippen LogP contribution in [0.3, 0.4) is 0 Å². The minimum absolute atomic E-state index is 0.228. The molecule has 21 heavy (non-hydrogen) atoms. The summed E-state index contributed by atoms with van der Waals surface area (Å²) >= 11 is 0. The second kappa shape index (κ2) is 8.63. The number of ether oxygens (including phenoxy) is 2. The van der Waals surface area contributed by atoms with Crippen LogP contribution in [0.25, 0.3) is 0 Å². The van der Waals surface area contributed by atoms with Crippen molar-refractivity contribution < 1.29 is 24.2 Å². The lowest BCUT2D eigenvalue weighted by Gasteiger charge is -2.14. The maximum Gasteiger partial charge on any atom is 0.326 e. The molecular formula is C15H19NO5. The lowest BCUT2D eigenvalue weighted by Crippen LogP contribution is -2.42. The first-order valence-electron chi connectivity index (χ1n) is 6.47. The molecule has 1 amide bonds. The fourth-order valence-electron chi connectivity index (χ4n) is 1.61. The smallest absolute Gasteiger partial charge is 0.326 e. The van der Waals surface area contributed by atoms with Crippen molar-refractivity contribution in [3.63, 3.8) is 0 Å². The Morgan fingerprint density at radius 1 is 1.33 bits per heavy atom. The lowest BCUT2D eigenvalue weighted by molar-refractivity contribution is -0.142. The predicted octanol–water partition coefficient (Wildman–Crippen LogP) is 1.61. The molecule has 1 unspecified atom stereocenters. The Hall–Kier alpha value is -2.50. The van der Waals surface area contributed by atoms with Gasteiger partial charge >= 0.3 is 5.97 Å². The first-order chi connectivity index (χ1) is 10.1. The molecule has 0 spiro atoms. The van der Waals surface area contributed by atoms with Gasteiger partial charge in [-0.25, -0.2) is 4.79 Å². The quantitative estimate of drug-likeness (QED) is 0.711. The summed E-state index contributed by atoms with van der Waals surface area (Å²) in [5.74, 6) is -0.652. The zero-order valence-corrected chi connectivity index (χ0v) is 12.0. The highest BCUT2D eigenvalue weighted by molar-refractivity contribution is 5.84. The second-order valence-electron chi connectivity index (χ2n) is 4.20. The molecule has 1 rings (SSSR count). The molecule has 114 valence electrons. The number of carbonyl (C=O) groups excluding carboxylic acids is 1. The number of hydrogen-bond donors (Lipinski definition) is 2. The van der Waals surface area contributed by atoms with Gasteiger partial charge in [-0.3, -0.25) is 4.79 Å². The normalized spacial score (nSPS) is 11.9. The molecule has 0 bridgehead atoms. The number of para-hydroxylation sites is 2.